The first kappa shape index (κ1) is 14.2. The minimum absolute atomic E-state index is 0.0851. The first-order valence-electron chi connectivity index (χ1n) is 7.67. The summed E-state index contributed by atoms with van der Waals surface area (Å²) in [4.78, 5) is 15.3. The maximum absolute atomic E-state index is 12.6. The lowest BCUT2D eigenvalue weighted by Gasteiger charge is -2.23. The molecule has 4 rings (SSSR count). The van der Waals surface area contributed by atoms with Gasteiger partial charge in [0, 0.05) is 18.7 Å². The van der Waals surface area contributed by atoms with E-state index in [1.54, 1.807) is 6.07 Å². The molecule has 1 aliphatic heterocycles. The fourth-order valence-corrected chi connectivity index (χ4v) is 4.05. The molecule has 2 aliphatic rings. The summed E-state index contributed by atoms with van der Waals surface area (Å²) in [7, 11) is 0. The van der Waals surface area contributed by atoms with E-state index in [-0.39, 0.29) is 11.9 Å². The summed E-state index contributed by atoms with van der Waals surface area (Å²) in [6.07, 6.45) is 6.56. The Morgan fingerprint density at radius 2 is 2.23 bits per heavy atom. The zero-order valence-electron chi connectivity index (χ0n) is 12.1. The molecule has 2 aromatic heterocycles. The number of rotatable bonds is 4. The Morgan fingerprint density at radius 1 is 1.36 bits per heavy atom. The molecule has 0 N–H and O–H groups in total. The zero-order valence-corrected chi connectivity index (χ0v) is 13.7. The van der Waals surface area contributed by atoms with Gasteiger partial charge in [-0.05, 0) is 37.8 Å². The molecule has 1 atom stereocenters. The molecule has 1 saturated heterocycles. The van der Waals surface area contributed by atoms with Crippen molar-refractivity contribution >= 4 is 28.8 Å². The first-order chi connectivity index (χ1) is 10.7. The van der Waals surface area contributed by atoms with E-state index >= 15 is 0 Å². The lowest BCUT2D eigenvalue weighted by atomic mass is 10.2. The lowest BCUT2D eigenvalue weighted by molar-refractivity contribution is 0.0726. The van der Waals surface area contributed by atoms with Crippen molar-refractivity contribution < 1.29 is 4.79 Å². The number of hydrogen-bond acceptors (Lipinski definition) is 4. The third-order valence-corrected chi connectivity index (χ3v) is 5.59. The number of likely N-dealkylation sites (tertiary alicyclic amines) is 1. The van der Waals surface area contributed by atoms with Gasteiger partial charge < -0.3 is 4.90 Å². The Bertz CT molecular complexity index is 693. The molecule has 2 aromatic rings. The van der Waals surface area contributed by atoms with Crippen LogP contribution in [-0.4, -0.2) is 38.4 Å². The van der Waals surface area contributed by atoms with Crippen molar-refractivity contribution in [1.29, 1.82) is 0 Å². The number of carbonyl (C=O) groups excluding carboxylic acids is 1. The monoisotopic (exact) mass is 336 g/mol. The molecule has 1 aliphatic carbocycles. The van der Waals surface area contributed by atoms with Crippen molar-refractivity contribution in [2.75, 3.05) is 6.54 Å². The Hall–Kier alpha value is -1.40. The first-order valence-corrected chi connectivity index (χ1v) is 8.86. The van der Waals surface area contributed by atoms with Gasteiger partial charge in [0.1, 0.15) is 0 Å². The topological polar surface area (TPSA) is 51.0 Å². The molecule has 0 aromatic carbocycles. The molecule has 0 unspecified atom stereocenters. The van der Waals surface area contributed by atoms with Gasteiger partial charge in [0.05, 0.1) is 27.5 Å². The van der Waals surface area contributed by atoms with E-state index in [0.717, 1.165) is 31.6 Å². The van der Waals surface area contributed by atoms with Crippen LogP contribution in [0.15, 0.2) is 18.3 Å². The Balaban J connectivity index is 1.46. The third-order valence-electron chi connectivity index (χ3n) is 4.37. The minimum atomic E-state index is 0.0851. The second-order valence-electron chi connectivity index (χ2n) is 6.04. The van der Waals surface area contributed by atoms with E-state index in [0.29, 0.717) is 15.1 Å². The van der Waals surface area contributed by atoms with Crippen LogP contribution in [0.2, 0.25) is 4.34 Å². The van der Waals surface area contributed by atoms with Crippen molar-refractivity contribution in [3.05, 3.63) is 33.2 Å². The average Bonchev–Trinajstić information content (AvgIpc) is 2.90. The minimum Gasteiger partial charge on any atom is -0.333 e. The molecule has 0 bridgehead atoms. The number of hydrogen-bond donors (Lipinski definition) is 0. The molecule has 5 nitrogen and oxygen atoms in total. The predicted molar refractivity (Wildman–Crippen MR) is 85.4 cm³/mol. The second-order valence-corrected chi connectivity index (χ2v) is 7.75. The van der Waals surface area contributed by atoms with E-state index in [9.17, 15) is 4.79 Å². The van der Waals surface area contributed by atoms with E-state index < -0.39 is 0 Å². The summed E-state index contributed by atoms with van der Waals surface area (Å²) in [5, 5.41) is 8.47. The van der Waals surface area contributed by atoms with Gasteiger partial charge >= 0.3 is 0 Å². The van der Waals surface area contributed by atoms with Crippen molar-refractivity contribution in [3.63, 3.8) is 0 Å². The molecule has 0 radical (unpaired) electrons. The smallest absolute Gasteiger partial charge is 0.264 e. The molecular weight excluding hydrogens is 320 g/mol. The van der Waals surface area contributed by atoms with Crippen LogP contribution in [0.5, 0.6) is 0 Å². The Labute approximate surface area is 137 Å². The fraction of sp³-hybridized carbons (Fsp3) is 0.533. The molecule has 2 fully saturated rings. The van der Waals surface area contributed by atoms with Gasteiger partial charge in [0.15, 0.2) is 0 Å². The molecule has 3 heterocycles. The molecule has 22 heavy (non-hydrogen) atoms. The molecule has 1 saturated carbocycles. The molecule has 7 heteroatoms. The van der Waals surface area contributed by atoms with Crippen LogP contribution in [-0.2, 0) is 6.54 Å². The number of halogens is 1. The van der Waals surface area contributed by atoms with Gasteiger partial charge in [0.25, 0.3) is 5.91 Å². The highest BCUT2D eigenvalue weighted by Gasteiger charge is 2.31. The number of aromatic nitrogens is 3. The normalized spacial score (nSPS) is 21.5. The maximum Gasteiger partial charge on any atom is 0.264 e. The standard InChI is InChI=1S/C15H17ClN4OS/c16-14-6-5-13(22-14)15(21)20-7-1-2-11(20)8-19-9-12(17-18-19)10-3-4-10/h5-6,9-11H,1-4,7-8H2/t11-/m0/s1. The largest absolute Gasteiger partial charge is 0.333 e. The summed E-state index contributed by atoms with van der Waals surface area (Å²) in [5.41, 5.74) is 1.10. The zero-order chi connectivity index (χ0) is 15.1. The summed E-state index contributed by atoms with van der Waals surface area (Å²) in [5.74, 6) is 0.699. The maximum atomic E-state index is 12.6. The van der Waals surface area contributed by atoms with Crippen LogP contribution >= 0.6 is 22.9 Å². The fourth-order valence-electron chi connectivity index (χ4n) is 3.05. The van der Waals surface area contributed by atoms with Crippen LogP contribution < -0.4 is 0 Å². The van der Waals surface area contributed by atoms with Crippen molar-refractivity contribution in [3.8, 4) is 0 Å². The van der Waals surface area contributed by atoms with Gasteiger partial charge in [-0.15, -0.1) is 16.4 Å². The molecule has 1 amide bonds. The van der Waals surface area contributed by atoms with Gasteiger partial charge in [-0.25, -0.2) is 0 Å². The highest BCUT2D eigenvalue weighted by Crippen LogP contribution is 2.38. The quantitative estimate of drug-likeness (QED) is 0.861. The average molecular weight is 337 g/mol. The summed E-state index contributed by atoms with van der Waals surface area (Å²) in [6.45, 7) is 1.54. The second kappa shape index (κ2) is 5.66. The van der Waals surface area contributed by atoms with E-state index in [2.05, 4.69) is 10.3 Å². The van der Waals surface area contributed by atoms with Gasteiger partial charge in [-0.3, -0.25) is 9.48 Å². The molecule has 116 valence electrons. The third kappa shape index (κ3) is 2.77. The van der Waals surface area contributed by atoms with Gasteiger partial charge in [-0.1, -0.05) is 16.8 Å². The van der Waals surface area contributed by atoms with Crippen molar-refractivity contribution in [1.82, 2.24) is 19.9 Å². The molecule has 0 spiro atoms. The van der Waals surface area contributed by atoms with Crippen molar-refractivity contribution in [2.24, 2.45) is 0 Å². The van der Waals surface area contributed by atoms with E-state index in [1.165, 1.54) is 24.2 Å². The van der Waals surface area contributed by atoms with Gasteiger partial charge in [-0.2, -0.15) is 0 Å². The predicted octanol–water partition coefficient (Wildman–Crippen LogP) is 3.18. The Kier molecular flexibility index (Phi) is 3.66. The van der Waals surface area contributed by atoms with Crippen LogP contribution in [0, 0.1) is 0 Å². The van der Waals surface area contributed by atoms with Crippen LogP contribution in [0.3, 0.4) is 0 Å². The molecular formula is C15H17ClN4OS. The van der Waals surface area contributed by atoms with E-state index in [4.69, 9.17) is 11.6 Å². The summed E-state index contributed by atoms with van der Waals surface area (Å²) in [6, 6.07) is 3.79. The SMILES string of the molecule is O=C(c1ccc(Cl)s1)N1CCC[C@H]1Cn1cc(C2CC2)nn1. The van der Waals surface area contributed by atoms with Crippen molar-refractivity contribution in [2.45, 2.75) is 44.2 Å². The Morgan fingerprint density at radius 3 is 2.95 bits per heavy atom. The number of thiophene rings is 1. The number of amides is 1. The van der Waals surface area contributed by atoms with Crippen LogP contribution in [0.1, 0.15) is 47.0 Å². The van der Waals surface area contributed by atoms with Crippen LogP contribution in [0.4, 0.5) is 0 Å². The summed E-state index contributed by atoms with van der Waals surface area (Å²) >= 11 is 7.29. The highest BCUT2D eigenvalue weighted by atomic mass is 35.5. The number of nitrogens with zero attached hydrogens (tertiary/aromatic N) is 4. The summed E-state index contributed by atoms with van der Waals surface area (Å²) < 4.78 is 2.55. The lowest BCUT2D eigenvalue weighted by Crippen LogP contribution is -2.37. The number of carbonyl (C=O) groups is 1. The highest BCUT2D eigenvalue weighted by molar-refractivity contribution is 7.17. The van der Waals surface area contributed by atoms with E-state index in [1.807, 2.05) is 21.8 Å². The van der Waals surface area contributed by atoms with Gasteiger partial charge in [0.2, 0.25) is 0 Å². The van der Waals surface area contributed by atoms with Crippen LogP contribution in [0.25, 0.3) is 0 Å².